The summed E-state index contributed by atoms with van der Waals surface area (Å²) in [5.41, 5.74) is 4.67. The first-order valence-corrected chi connectivity index (χ1v) is 10.5. The lowest BCUT2D eigenvalue weighted by Crippen LogP contribution is -2.14. The van der Waals surface area contributed by atoms with Crippen molar-refractivity contribution in [2.75, 3.05) is 5.32 Å². The minimum absolute atomic E-state index is 0.0451. The van der Waals surface area contributed by atoms with E-state index in [1.54, 1.807) is 6.08 Å². The molecule has 0 spiro atoms. The number of aryl methyl sites for hydroxylation is 2. The number of hydrogen-bond acceptors (Lipinski definition) is 3. The van der Waals surface area contributed by atoms with E-state index in [0.717, 1.165) is 31.6 Å². The number of rotatable bonds is 6. The monoisotopic (exact) mass is 508 g/mol. The maximum Gasteiger partial charge on any atom is 0.266 e. The van der Waals surface area contributed by atoms with E-state index < -0.39 is 5.91 Å². The molecular formula is C25H21IN2O2. The Labute approximate surface area is 190 Å². The molecule has 4 nitrogen and oxygen atoms in total. The molecule has 0 bridgehead atoms. The van der Waals surface area contributed by atoms with E-state index in [1.807, 2.05) is 86.6 Å². The quantitative estimate of drug-likeness (QED) is 0.251. The summed E-state index contributed by atoms with van der Waals surface area (Å²) >= 11 is 2.19. The topological polar surface area (TPSA) is 62.1 Å². The molecule has 30 heavy (non-hydrogen) atoms. The van der Waals surface area contributed by atoms with Gasteiger partial charge in [-0.2, -0.15) is 5.26 Å². The van der Waals surface area contributed by atoms with Gasteiger partial charge in [-0.05, 0) is 77.4 Å². The van der Waals surface area contributed by atoms with Gasteiger partial charge in [-0.1, -0.05) is 54.1 Å². The number of hydrogen-bond donors (Lipinski definition) is 1. The first kappa shape index (κ1) is 21.6. The molecule has 1 N–H and O–H groups in total. The average Bonchev–Trinajstić information content (AvgIpc) is 2.74. The van der Waals surface area contributed by atoms with Gasteiger partial charge in [0.2, 0.25) is 0 Å². The summed E-state index contributed by atoms with van der Waals surface area (Å²) in [5, 5.41) is 12.3. The van der Waals surface area contributed by atoms with Crippen molar-refractivity contribution < 1.29 is 9.53 Å². The van der Waals surface area contributed by atoms with Gasteiger partial charge in [0.15, 0.2) is 0 Å². The number of amides is 1. The van der Waals surface area contributed by atoms with Gasteiger partial charge in [0, 0.05) is 5.69 Å². The zero-order chi connectivity index (χ0) is 21.5. The van der Waals surface area contributed by atoms with Gasteiger partial charge in [-0.15, -0.1) is 0 Å². The molecule has 5 heteroatoms. The van der Waals surface area contributed by atoms with Gasteiger partial charge in [-0.25, -0.2) is 0 Å². The molecule has 3 aromatic carbocycles. The van der Waals surface area contributed by atoms with Crippen molar-refractivity contribution in [1.29, 1.82) is 5.26 Å². The van der Waals surface area contributed by atoms with Gasteiger partial charge in [-0.3, -0.25) is 4.79 Å². The maximum atomic E-state index is 12.6. The van der Waals surface area contributed by atoms with E-state index >= 15 is 0 Å². The summed E-state index contributed by atoms with van der Waals surface area (Å²) in [6.07, 6.45) is 1.59. The molecule has 0 aliphatic heterocycles. The summed E-state index contributed by atoms with van der Waals surface area (Å²) in [7, 11) is 0. The first-order chi connectivity index (χ1) is 14.5. The number of nitriles is 1. The van der Waals surface area contributed by atoms with Crippen LogP contribution in [0.3, 0.4) is 0 Å². The Balaban J connectivity index is 1.72. The van der Waals surface area contributed by atoms with Crippen molar-refractivity contribution >= 4 is 40.3 Å². The van der Waals surface area contributed by atoms with Gasteiger partial charge >= 0.3 is 0 Å². The molecule has 0 aliphatic rings. The van der Waals surface area contributed by atoms with Crippen LogP contribution in [0.4, 0.5) is 5.69 Å². The van der Waals surface area contributed by atoms with Crippen LogP contribution in [-0.4, -0.2) is 5.91 Å². The molecule has 0 radical (unpaired) electrons. The normalized spacial score (nSPS) is 10.9. The molecule has 0 saturated carbocycles. The number of nitrogens with one attached hydrogen (secondary N) is 1. The highest BCUT2D eigenvalue weighted by Gasteiger charge is 2.12. The Morgan fingerprint density at radius 2 is 1.87 bits per heavy atom. The van der Waals surface area contributed by atoms with Crippen LogP contribution in [-0.2, 0) is 11.4 Å². The number of carbonyl (C=O) groups excluding carboxylic acids is 1. The number of nitrogens with zero attached hydrogens (tertiary/aromatic N) is 1. The predicted octanol–water partition coefficient (Wildman–Crippen LogP) is 6.03. The summed E-state index contributed by atoms with van der Waals surface area (Å²) in [4.78, 5) is 12.6. The van der Waals surface area contributed by atoms with Crippen LogP contribution in [0.5, 0.6) is 5.75 Å². The lowest BCUT2D eigenvalue weighted by atomic mass is 10.1. The molecule has 0 atom stereocenters. The third-order valence-corrected chi connectivity index (χ3v) is 5.34. The molecule has 3 rings (SSSR count). The Hall–Kier alpha value is -3.11. The number of benzene rings is 3. The molecule has 0 unspecified atom stereocenters. The standard InChI is InChI=1S/C25H21IN2O2/c1-17-8-10-23(18(2)12-17)28-25(29)21(15-27)13-20-9-11-24(22(26)14-20)30-16-19-6-4-3-5-7-19/h3-14H,16H2,1-2H3,(H,28,29)/b21-13+. The predicted molar refractivity (Wildman–Crippen MR) is 128 cm³/mol. The molecular weight excluding hydrogens is 487 g/mol. The first-order valence-electron chi connectivity index (χ1n) is 9.43. The largest absolute Gasteiger partial charge is 0.488 e. The molecule has 0 saturated heterocycles. The molecule has 0 heterocycles. The Bertz CT molecular complexity index is 1130. The number of carbonyl (C=O) groups is 1. The van der Waals surface area contributed by atoms with Crippen molar-refractivity contribution in [2.45, 2.75) is 20.5 Å². The third kappa shape index (κ3) is 5.71. The highest BCUT2D eigenvalue weighted by Crippen LogP contribution is 2.25. The second-order valence-electron chi connectivity index (χ2n) is 6.91. The second kappa shape index (κ2) is 10.1. The van der Waals surface area contributed by atoms with Crippen LogP contribution in [0.15, 0.2) is 72.3 Å². The van der Waals surface area contributed by atoms with Crippen LogP contribution < -0.4 is 10.1 Å². The van der Waals surface area contributed by atoms with Crippen LogP contribution in [0, 0.1) is 28.7 Å². The van der Waals surface area contributed by atoms with Gasteiger partial charge in [0.25, 0.3) is 5.91 Å². The fraction of sp³-hybridized carbons (Fsp3) is 0.120. The van der Waals surface area contributed by atoms with E-state index in [1.165, 1.54) is 0 Å². The van der Waals surface area contributed by atoms with Crippen LogP contribution in [0.1, 0.15) is 22.3 Å². The lowest BCUT2D eigenvalue weighted by Gasteiger charge is -2.10. The zero-order valence-corrected chi connectivity index (χ0v) is 18.9. The Morgan fingerprint density at radius 3 is 2.53 bits per heavy atom. The number of halogens is 1. The van der Waals surface area contributed by atoms with Crippen molar-refractivity contribution in [3.05, 3.63) is 98.1 Å². The molecule has 0 aliphatic carbocycles. The molecule has 1 amide bonds. The zero-order valence-electron chi connectivity index (χ0n) is 16.8. The minimum Gasteiger partial charge on any atom is -0.488 e. The Kier molecular flexibility index (Phi) is 7.26. The van der Waals surface area contributed by atoms with Gasteiger partial charge in [0.1, 0.15) is 24.0 Å². The van der Waals surface area contributed by atoms with Gasteiger partial charge in [0.05, 0.1) is 3.57 Å². The summed E-state index contributed by atoms with van der Waals surface area (Å²) in [5.74, 6) is 0.332. The fourth-order valence-corrected chi connectivity index (χ4v) is 3.61. The van der Waals surface area contributed by atoms with Crippen molar-refractivity contribution in [2.24, 2.45) is 0 Å². The summed E-state index contributed by atoms with van der Waals surface area (Å²) in [6.45, 7) is 4.40. The van der Waals surface area contributed by atoms with E-state index in [2.05, 4.69) is 27.9 Å². The van der Waals surface area contributed by atoms with Crippen molar-refractivity contribution in [3.8, 4) is 11.8 Å². The van der Waals surface area contributed by atoms with E-state index in [4.69, 9.17) is 4.74 Å². The Morgan fingerprint density at radius 1 is 1.10 bits per heavy atom. The van der Waals surface area contributed by atoms with E-state index in [0.29, 0.717) is 12.3 Å². The molecule has 0 fully saturated rings. The highest BCUT2D eigenvalue weighted by atomic mass is 127. The number of anilines is 1. The third-order valence-electron chi connectivity index (χ3n) is 4.50. The maximum absolute atomic E-state index is 12.6. The van der Waals surface area contributed by atoms with E-state index in [9.17, 15) is 10.1 Å². The molecule has 0 aromatic heterocycles. The smallest absolute Gasteiger partial charge is 0.266 e. The molecule has 3 aromatic rings. The lowest BCUT2D eigenvalue weighted by molar-refractivity contribution is -0.112. The van der Waals surface area contributed by atoms with Crippen molar-refractivity contribution in [3.63, 3.8) is 0 Å². The minimum atomic E-state index is -0.427. The average molecular weight is 508 g/mol. The number of ether oxygens (including phenoxy) is 1. The van der Waals surface area contributed by atoms with Crippen LogP contribution in [0.2, 0.25) is 0 Å². The highest BCUT2D eigenvalue weighted by molar-refractivity contribution is 14.1. The SMILES string of the molecule is Cc1ccc(NC(=O)/C(C#N)=C/c2ccc(OCc3ccccc3)c(I)c2)c(C)c1. The summed E-state index contributed by atoms with van der Waals surface area (Å²) in [6, 6.07) is 23.3. The molecule has 150 valence electrons. The van der Waals surface area contributed by atoms with Crippen LogP contribution in [0.25, 0.3) is 6.08 Å². The van der Waals surface area contributed by atoms with Crippen molar-refractivity contribution in [1.82, 2.24) is 0 Å². The van der Waals surface area contributed by atoms with Gasteiger partial charge < -0.3 is 10.1 Å². The fourth-order valence-electron chi connectivity index (χ4n) is 2.92. The second-order valence-corrected chi connectivity index (χ2v) is 8.07. The van der Waals surface area contributed by atoms with Crippen LogP contribution >= 0.6 is 22.6 Å². The summed E-state index contributed by atoms with van der Waals surface area (Å²) < 4.78 is 6.79. The van der Waals surface area contributed by atoms with E-state index in [-0.39, 0.29) is 5.57 Å².